The number of carbonyl (C=O) groups is 1. The average Bonchev–Trinajstić information content (AvgIpc) is 2.88. The quantitative estimate of drug-likeness (QED) is 0.609. The molecule has 2 aromatic rings. The number of aromatic amines is 2. The minimum atomic E-state index is -0.830. The van der Waals surface area contributed by atoms with Crippen LogP contribution in [0.2, 0.25) is 0 Å². The van der Waals surface area contributed by atoms with Crippen molar-refractivity contribution in [2.75, 3.05) is 6.54 Å². The second-order valence-electron chi connectivity index (χ2n) is 3.78. The second-order valence-corrected chi connectivity index (χ2v) is 4.56. The minimum Gasteiger partial charge on any atom is -0.387 e. The van der Waals surface area contributed by atoms with Gasteiger partial charge in [-0.15, -0.1) is 0 Å². The number of H-pyrrole nitrogens is 2. The average molecular weight is 281 g/mol. The molecule has 0 spiro atoms. The minimum absolute atomic E-state index is 0.00953. The third kappa shape index (κ3) is 3.39. The summed E-state index contributed by atoms with van der Waals surface area (Å²) >= 11 is 1.44. The molecule has 1 atom stereocenters. The molecule has 7 nitrogen and oxygen atoms in total. The molecule has 0 aliphatic rings. The van der Waals surface area contributed by atoms with Crippen molar-refractivity contribution in [1.29, 1.82) is 0 Å². The Hall–Kier alpha value is -2.19. The Morgan fingerprint density at radius 3 is 2.84 bits per heavy atom. The number of aromatic nitrogens is 2. The van der Waals surface area contributed by atoms with Gasteiger partial charge in [-0.05, 0) is 22.4 Å². The summed E-state index contributed by atoms with van der Waals surface area (Å²) in [6.07, 6.45) is -0.830. The summed E-state index contributed by atoms with van der Waals surface area (Å²) in [6.45, 7) is -0.00953. The van der Waals surface area contributed by atoms with Gasteiger partial charge in [0.15, 0.2) is 0 Å². The largest absolute Gasteiger partial charge is 0.387 e. The van der Waals surface area contributed by atoms with Crippen LogP contribution >= 0.6 is 11.3 Å². The van der Waals surface area contributed by atoms with Crippen LogP contribution in [0.3, 0.4) is 0 Å². The summed E-state index contributed by atoms with van der Waals surface area (Å²) in [4.78, 5) is 37.9. The molecule has 4 N–H and O–H groups in total. The van der Waals surface area contributed by atoms with Gasteiger partial charge < -0.3 is 15.4 Å². The molecule has 0 saturated heterocycles. The van der Waals surface area contributed by atoms with Crippen molar-refractivity contribution in [2.24, 2.45) is 0 Å². The van der Waals surface area contributed by atoms with Crippen LogP contribution in [0.4, 0.5) is 0 Å². The number of rotatable bonds is 4. The molecule has 0 radical (unpaired) electrons. The first-order valence-electron chi connectivity index (χ1n) is 5.38. The molecule has 2 rings (SSSR count). The van der Waals surface area contributed by atoms with Gasteiger partial charge in [-0.25, -0.2) is 4.79 Å². The maximum absolute atomic E-state index is 11.7. The number of nitrogens with one attached hydrogen (secondary N) is 3. The first-order chi connectivity index (χ1) is 9.06. The van der Waals surface area contributed by atoms with Crippen molar-refractivity contribution >= 4 is 17.2 Å². The van der Waals surface area contributed by atoms with Crippen molar-refractivity contribution in [3.63, 3.8) is 0 Å². The predicted octanol–water partition coefficient (Wildman–Crippen LogP) is -0.412. The normalized spacial score (nSPS) is 12.1. The van der Waals surface area contributed by atoms with Crippen molar-refractivity contribution in [1.82, 2.24) is 15.3 Å². The fourth-order valence-electron chi connectivity index (χ4n) is 1.46. The third-order valence-corrected chi connectivity index (χ3v) is 3.09. The molecule has 0 aliphatic heterocycles. The van der Waals surface area contributed by atoms with Gasteiger partial charge in [0.05, 0.1) is 6.10 Å². The fraction of sp³-hybridized carbons (Fsp3) is 0.182. The first-order valence-corrected chi connectivity index (χ1v) is 6.32. The van der Waals surface area contributed by atoms with E-state index in [2.05, 4.69) is 10.3 Å². The van der Waals surface area contributed by atoms with Crippen LogP contribution in [0.15, 0.2) is 32.5 Å². The fourth-order valence-corrected chi connectivity index (χ4v) is 2.17. The number of hydrogen-bond donors (Lipinski definition) is 4. The molecular weight excluding hydrogens is 270 g/mol. The number of hydrogen-bond acceptors (Lipinski definition) is 5. The molecule has 19 heavy (non-hydrogen) atoms. The lowest BCUT2D eigenvalue weighted by Gasteiger charge is -2.10. The molecule has 0 saturated carbocycles. The molecular formula is C11H11N3O4S. The van der Waals surface area contributed by atoms with Gasteiger partial charge in [0.1, 0.15) is 5.69 Å². The highest BCUT2D eigenvalue weighted by Gasteiger charge is 2.12. The molecule has 2 aromatic heterocycles. The van der Waals surface area contributed by atoms with Crippen molar-refractivity contribution in [3.8, 4) is 0 Å². The van der Waals surface area contributed by atoms with E-state index in [0.717, 1.165) is 6.07 Å². The van der Waals surface area contributed by atoms with Crippen LogP contribution in [0.5, 0.6) is 0 Å². The van der Waals surface area contributed by atoms with Crippen molar-refractivity contribution in [2.45, 2.75) is 6.10 Å². The summed E-state index contributed by atoms with van der Waals surface area (Å²) in [5, 5.41) is 15.8. The number of amides is 1. The zero-order valence-corrected chi connectivity index (χ0v) is 10.5. The summed E-state index contributed by atoms with van der Waals surface area (Å²) in [5.41, 5.74) is -0.862. The van der Waals surface area contributed by atoms with E-state index < -0.39 is 23.3 Å². The number of aliphatic hydroxyl groups excluding tert-OH is 1. The Morgan fingerprint density at radius 2 is 2.21 bits per heavy atom. The van der Waals surface area contributed by atoms with Gasteiger partial charge in [0.25, 0.3) is 11.5 Å². The van der Waals surface area contributed by atoms with Gasteiger partial charge in [0.2, 0.25) is 0 Å². The van der Waals surface area contributed by atoms with Gasteiger partial charge in [-0.2, -0.15) is 11.3 Å². The molecule has 0 aliphatic carbocycles. The summed E-state index contributed by atoms with van der Waals surface area (Å²) < 4.78 is 0. The topological polar surface area (TPSA) is 115 Å². The highest BCUT2D eigenvalue weighted by atomic mass is 32.1. The zero-order chi connectivity index (χ0) is 13.8. The number of carbonyl (C=O) groups excluding carboxylic acids is 1. The van der Waals surface area contributed by atoms with Crippen LogP contribution in [-0.2, 0) is 0 Å². The predicted molar refractivity (Wildman–Crippen MR) is 69.3 cm³/mol. The van der Waals surface area contributed by atoms with Gasteiger partial charge in [0, 0.05) is 12.6 Å². The van der Waals surface area contributed by atoms with E-state index in [9.17, 15) is 19.5 Å². The lowest BCUT2D eigenvalue weighted by molar-refractivity contribution is 0.0911. The summed E-state index contributed by atoms with van der Waals surface area (Å²) in [5.74, 6) is -0.627. The highest BCUT2D eigenvalue weighted by Crippen LogP contribution is 2.14. The second kappa shape index (κ2) is 5.63. The molecule has 8 heteroatoms. The van der Waals surface area contributed by atoms with Gasteiger partial charge >= 0.3 is 5.69 Å². The van der Waals surface area contributed by atoms with E-state index in [-0.39, 0.29) is 12.2 Å². The Morgan fingerprint density at radius 1 is 1.42 bits per heavy atom. The van der Waals surface area contributed by atoms with E-state index in [0.29, 0.717) is 5.56 Å². The molecule has 100 valence electrons. The molecule has 1 amide bonds. The van der Waals surface area contributed by atoms with Crippen LogP contribution in [0.25, 0.3) is 0 Å². The van der Waals surface area contributed by atoms with Crippen LogP contribution in [-0.4, -0.2) is 27.5 Å². The van der Waals surface area contributed by atoms with Crippen LogP contribution in [0, 0.1) is 0 Å². The highest BCUT2D eigenvalue weighted by molar-refractivity contribution is 7.07. The smallest absolute Gasteiger partial charge is 0.326 e. The molecule has 0 aromatic carbocycles. The van der Waals surface area contributed by atoms with Crippen molar-refractivity contribution in [3.05, 3.63) is 55.0 Å². The zero-order valence-electron chi connectivity index (χ0n) is 9.67. The Kier molecular flexibility index (Phi) is 3.93. The first kappa shape index (κ1) is 13.2. The SMILES string of the molecule is O=C(NCC(O)c1ccsc1)c1cc(=O)[nH]c(=O)[nH]1. The van der Waals surface area contributed by atoms with Gasteiger partial charge in [-0.1, -0.05) is 0 Å². The van der Waals surface area contributed by atoms with Crippen molar-refractivity contribution < 1.29 is 9.90 Å². The number of aliphatic hydroxyl groups is 1. The third-order valence-electron chi connectivity index (χ3n) is 2.39. The molecule has 0 bridgehead atoms. The van der Waals surface area contributed by atoms with Crippen LogP contribution in [0.1, 0.15) is 22.2 Å². The molecule has 0 fully saturated rings. The Balaban J connectivity index is 2.01. The maximum atomic E-state index is 11.7. The standard InChI is InChI=1S/C11H11N3O4S/c15-8(6-1-2-19-5-6)4-12-10(17)7-3-9(16)14-11(18)13-7/h1-3,5,8,15H,4H2,(H,12,17)(H2,13,14,16,18). The Labute approximate surface area is 110 Å². The summed E-state index contributed by atoms with van der Waals surface area (Å²) in [7, 11) is 0. The lowest BCUT2D eigenvalue weighted by Crippen LogP contribution is -2.33. The van der Waals surface area contributed by atoms with E-state index in [1.54, 1.807) is 11.4 Å². The maximum Gasteiger partial charge on any atom is 0.326 e. The molecule has 1 unspecified atom stereocenters. The van der Waals surface area contributed by atoms with E-state index in [1.165, 1.54) is 11.3 Å². The van der Waals surface area contributed by atoms with E-state index in [1.807, 2.05) is 10.4 Å². The lowest BCUT2D eigenvalue weighted by atomic mass is 10.2. The number of thiophene rings is 1. The Bertz CT molecular complexity index is 645. The summed E-state index contributed by atoms with van der Waals surface area (Å²) in [6, 6.07) is 2.73. The van der Waals surface area contributed by atoms with Crippen LogP contribution < -0.4 is 16.6 Å². The monoisotopic (exact) mass is 281 g/mol. The van der Waals surface area contributed by atoms with E-state index in [4.69, 9.17) is 0 Å². The van der Waals surface area contributed by atoms with E-state index >= 15 is 0 Å². The van der Waals surface area contributed by atoms with Gasteiger partial charge in [-0.3, -0.25) is 14.6 Å². The molecule has 2 heterocycles.